The summed E-state index contributed by atoms with van der Waals surface area (Å²) in [4.78, 5) is 27.5. The molecule has 1 aliphatic rings. The predicted molar refractivity (Wildman–Crippen MR) is 122 cm³/mol. The van der Waals surface area contributed by atoms with Crippen molar-refractivity contribution in [3.05, 3.63) is 71.6 Å². The molecule has 1 aliphatic heterocycles. The Bertz CT molecular complexity index is 1080. The van der Waals surface area contributed by atoms with Gasteiger partial charge in [0.1, 0.15) is 17.5 Å². The molecule has 2 aromatic heterocycles. The van der Waals surface area contributed by atoms with Crippen molar-refractivity contribution in [3.8, 4) is 0 Å². The van der Waals surface area contributed by atoms with E-state index in [1.165, 1.54) is 11.6 Å². The number of hydrogen-bond donors (Lipinski definition) is 2. The van der Waals surface area contributed by atoms with Gasteiger partial charge in [-0.15, -0.1) is 0 Å². The molecular formula is C24H27FN6O. The van der Waals surface area contributed by atoms with Crippen LogP contribution in [0.5, 0.6) is 0 Å². The second kappa shape index (κ2) is 9.72. The van der Waals surface area contributed by atoms with Gasteiger partial charge in [-0.05, 0) is 56.0 Å². The molecular weight excluding hydrogens is 407 g/mol. The van der Waals surface area contributed by atoms with E-state index in [2.05, 4.69) is 43.8 Å². The van der Waals surface area contributed by atoms with Crippen LogP contribution in [0.2, 0.25) is 0 Å². The molecule has 0 spiro atoms. The molecule has 1 fully saturated rings. The van der Waals surface area contributed by atoms with Gasteiger partial charge in [0.15, 0.2) is 0 Å². The van der Waals surface area contributed by atoms with Crippen molar-refractivity contribution < 1.29 is 9.18 Å². The van der Waals surface area contributed by atoms with Gasteiger partial charge in [-0.25, -0.2) is 14.4 Å². The summed E-state index contributed by atoms with van der Waals surface area (Å²) in [6.45, 7) is 5.75. The largest absolute Gasteiger partial charge is 0.376 e. The van der Waals surface area contributed by atoms with Crippen molar-refractivity contribution in [2.75, 3.05) is 30.3 Å². The van der Waals surface area contributed by atoms with Crippen molar-refractivity contribution in [3.63, 3.8) is 0 Å². The Hall–Kier alpha value is -3.55. The molecule has 32 heavy (non-hydrogen) atoms. The normalized spacial score (nSPS) is 14.3. The Morgan fingerprint density at radius 3 is 2.66 bits per heavy atom. The van der Waals surface area contributed by atoms with Crippen LogP contribution in [0.25, 0.3) is 0 Å². The number of aromatic nitrogens is 3. The fourth-order valence-electron chi connectivity index (χ4n) is 3.85. The van der Waals surface area contributed by atoms with Crippen LogP contribution >= 0.6 is 0 Å². The first-order chi connectivity index (χ1) is 15.5. The lowest BCUT2D eigenvalue weighted by Crippen LogP contribution is -2.41. The second-order valence-electron chi connectivity index (χ2n) is 8.14. The van der Waals surface area contributed by atoms with Crippen LogP contribution in [0.4, 0.5) is 21.7 Å². The molecule has 3 aromatic rings. The molecule has 1 aromatic carbocycles. The minimum absolute atomic E-state index is 0.105. The van der Waals surface area contributed by atoms with Gasteiger partial charge in [-0.1, -0.05) is 12.1 Å². The maximum absolute atomic E-state index is 13.0. The zero-order valence-electron chi connectivity index (χ0n) is 18.3. The van der Waals surface area contributed by atoms with Gasteiger partial charge in [0, 0.05) is 30.9 Å². The van der Waals surface area contributed by atoms with E-state index in [4.69, 9.17) is 0 Å². The lowest BCUT2D eigenvalue weighted by molar-refractivity contribution is -0.130. The summed E-state index contributed by atoms with van der Waals surface area (Å²) in [5.41, 5.74) is 4.19. The molecule has 8 heteroatoms. The molecule has 0 saturated carbocycles. The summed E-state index contributed by atoms with van der Waals surface area (Å²) < 4.78 is 13.0. The predicted octanol–water partition coefficient (Wildman–Crippen LogP) is 4.19. The van der Waals surface area contributed by atoms with Crippen molar-refractivity contribution >= 4 is 23.2 Å². The third-order valence-electron chi connectivity index (χ3n) is 5.73. The first-order valence-electron chi connectivity index (χ1n) is 10.8. The highest BCUT2D eigenvalue weighted by Gasteiger charge is 2.25. The molecule has 1 saturated heterocycles. The topological polar surface area (TPSA) is 83.0 Å². The number of aryl methyl sites for hydroxylation is 2. The van der Waals surface area contributed by atoms with E-state index in [1.54, 1.807) is 18.5 Å². The third-order valence-corrected chi connectivity index (χ3v) is 5.73. The van der Waals surface area contributed by atoms with Crippen LogP contribution in [-0.4, -0.2) is 45.4 Å². The van der Waals surface area contributed by atoms with Gasteiger partial charge in [-0.3, -0.25) is 9.78 Å². The molecule has 0 atom stereocenters. The molecule has 4 rings (SSSR count). The molecule has 0 unspecified atom stereocenters. The van der Waals surface area contributed by atoms with Crippen molar-refractivity contribution in [1.29, 1.82) is 0 Å². The maximum atomic E-state index is 13.0. The molecule has 0 radical (unpaired) electrons. The molecule has 3 heterocycles. The monoisotopic (exact) mass is 434 g/mol. The van der Waals surface area contributed by atoms with Crippen LogP contribution in [0.1, 0.15) is 35.6 Å². The molecule has 1 amide bonds. The Labute approximate surface area is 187 Å². The SMILES string of the molecule is Cc1ccc(C)c(NCC(=O)N2CCC(c3cncc(Nc4ccc(F)cn4)n3)CC2)c1. The van der Waals surface area contributed by atoms with Crippen LogP contribution < -0.4 is 10.6 Å². The number of likely N-dealkylation sites (tertiary alicyclic amines) is 1. The van der Waals surface area contributed by atoms with E-state index in [1.807, 2.05) is 18.7 Å². The summed E-state index contributed by atoms with van der Waals surface area (Å²) in [6.07, 6.45) is 6.21. The first-order valence-corrected chi connectivity index (χ1v) is 10.8. The van der Waals surface area contributed by atoms with Crippen LogP contribution in [0.15, 0.2) is 48.9 Å². The van der Waals surface area contributed by atoms with Crippen LogP contribution in [0.3, 0.4) is 0 Å². The minimum Gasteiger partial charge on any atom is -0.376 e. The van der Waals surface area contributed by atoms with E-state index in [0.29, 0.717) is 31.3 Å². The first kappa shape index (κ1) is 21.7. The third kappa shape index (κ3) is 5.38. The number of piperidine rings is 1. The highest BCUT2D eigenvalue weighted by Crippen LogP contribution is 2.27. The van der Waals surface area contributed by atoms with Gasteiger partial charge < -0.3 is 15.5 Å². The van der Waals surface area contributed by atoms with Crippen LogP contribution in [-0.2, 0) is 4.79 Å². The quantitative estimate of drug-likeness (QED) is 0.605. The fraction of sp³-hybridized carbons (Fsp3) is 0.333. The number of rotatable bonds is 6. The molecule has 166 valence electrons. The summed E-state index contributed by atoms with van der Waals surface area (Å²) >= 11 is 0. The molecule has 7 nitrogen and oxygen atoms in total. The Morgan fingerprint density at radius 1 is 1.09 bits per heavy atom. The van der Waals surface area contributed by atoms with Gasteiger partial charge in [0.05, 0.1) is 24.6 Å². The number of amides is 1. The maximum Gasteiger partial charge on any atom is 0.241 e. The smallest absolute Gasteiger partial charge is 0.241 e. The molecule has 0 bridgehead atoms. The van der Waals surface area contributed by atoms with Gasteiger partial charge >= 0.3 is 0 Å². The zero-order valence-corrected chi connectivity index (χ0v) is 18.3. The number of nitrogens with one attached hydrogen (secondary N) is 2. The lowest BCUT2D eigenvalue weighted by atomic mass is 9.93. The van der Waals surface area contributed by atoms with Gasteiger partial charge in [-0.2, -0.15) is 0 Å². The van der Waals surface area contributed by atoms with E-state index in [-0.39, 0.29) is 17.6 Å². The molecule has 0 aliphatic carbocycles. The average Bonchev–Trinajstić information content (AvgIpc) is 2.81. The van der Waals surface area contributed by atoms with Crippen molar-refractivity contribution in [1.82, 2.24) is 19.9 Å². The summed E-state index contributed by atoms with van der Waals surface area (Å²) in [7, 11) is 0. The Kier molecular flexibility index (Phi) is 6.58. The number of halogens is 1. The standard InChI is InChI=1S/C24H27FN6O/c1-16-3-4-17(2)20(11-16)27-15-24(32)31-9-7-18(8-10-31)21-13-26-14-23(29-21)30-22-6-5-19(25)12-28-22/h3-6,11-14,18,27H,7-10,15H2,1-2H3,(H,28,29,30). The highest BCUT2D eigenvalue weighted by atomic mass is 19.1. The summed E-state index contributed by atoms with van der Waals surface area (Å²) in [6, 6.07) is 9.09. The molecule has 2 N–H and O–H groups in total. The summed E-state index contributed by atoms with van der Waals surface area (Å²) in [5.74, 6) is 1.03. The van der Waals surface area contributed by atoms with Gasteiger partial charge in [0.2, 0.25) is 5.91 Å². The number of carbonyl (C=O) groups excluding carboxylic acids is 1. The van der Waals surface area contributed by atoms with Crippen molar-refractivity contribution in [2.45, 2.75) is 32.6 Å². The number of nitrogens with zero attached hydrogens (tertiary/aromatic N) is 4. The highest BCUT2D eigenvalue weighted by molar-refractivity contribution is 5.81. The van der Waals surface area contributed by atoms with E-state index >= 15 is 0 Å². The van der Waals surface area contributed by atoms with E-state index in [9.17, 15) is 9.18 Å². The number of carbonyl (C=O) groups is 1. The number of pyridine rings is 1. The van der Waals surface area contributed by atoms with Crippen molar-refractivity contribution in [2.24, 2.45) is 0 Å². The summed E-state index contributed by atoms with van der Waals surface area (Å²) in [5, 5.41) is 6.33. The number of anilines is 3. The van der Waals surface area contributed by atoms with Crippen LogP contribution in [0, 0.1) is 19.7 Å². The number of hydrogen-bond acceptors (Lipinski definition) is 6. The Balaban J connectivity index is 1.31. The second-order valence-corrected chi connectivity index (χ2v) is 8.14. The number of benzene rings is 1. The fourth-order valence-corrected chi connectivity index (χ4v) is 3.85. The average molecular weight is 435 g/mol. The van der Waals surface area contributed by atoms with E-state index < -0.39 is 0 Å². The van der Waals surface area contributed by atoms with E-state index in [0.717, 1.165) is 36.0 Å². The Morgan fingerprint density at radius 2 is 1.91 bits per heavy atom. The lowest BCUT2D eigenvalue weighted by Gasteiger charge is -2.32. The zero-order chi connectivity index (χ0) is 22.5. The van der Waals surface area contributed by atoms with Gasteiger partial charge in [0.25, 0.3) is 0 Å². The minimum atomic E-state index is -0.388.